The first-order valence-corrected chi connectivity index (χ1v) is 5.88. The van der Waals surface area contributed by atoms with E-state index in [9.17, 15) is 57.5 Å². The van der Waals surface area contributed by atoms with Gasteiger partial charge in [-0.15, -0.1) is 0 Å². The molecular weight excluding hydrogens is 416 g/mol. The minimum absolute atomic E-state index is 1.55. The number of hydrogen-bond donors (Lipinski definition) is 0. The Morgan fingerprint density at radius 3 is 1.64 bits per heavy atom. The Bertz CT molecular complexity index is 526. The standard InChI is InChI=1S/C10H5ClF12O2/c1-3(11)5(24)25-10(22,23)9(20,21)8(18,19)7(16,17)4(12)2-6(13,14)15/h4H,1-2H2. The van der Waals surface area contributed by atoms with Crippen molar-refractivity contribution in [2.75, 3.05) is 0 Å². The number of alkyl halides is 12. The maximum absolute atomic E-state index is 13.1. The Labute approximate surface area is 135 Å². The third-order valence-corrected chi connectivity index (χ3v) is 2.58. The van der Waals surface area contributed by atoms with Gasteiger partial charge in [0.25, 0.3) is 0 Å². The first-order chi connectivity index (χ1) is 10.7. The van der Waals surface area contributed by atoms with E-state index in [1.807, 2.05) is 0 Å². The van der Waals surface area contributed by atoms with Crippen molar-refractivity contribution in [3.63, 3.8) is 0 Å². The van der Waals surface area contributed by atoms with Crippen LogP contribution in [0.25, 0.3) is 0 Å². The molecule has 0 N–H and O–H groups in total. The Hall–Kier alpha value is -1.34. The lowest BCUT2D eigenvalue weighted by Crippen LogP contribution is -2.65. The second kappa shape index (κ2) is 6.76. The Morgan fingerprint density at radius 1 is 0.920 bits per heavy atom. The summed E-state index contributed by atoms with van der Waals surface area (Å²) in [6.07, 6.45) is -20.9. The van der Waals surface area contributed by atoms with Crippen LogP contribution in [0.15, 0.2) is 11.6 Å². The normalized spacial score (nSPS) is 15.7. The SMILES string of the molecule is C=C(Cl)C(=O)OC(F)(F)C(F)(F)C(F)(F)C(F)(F)C(F)CC(F)(F)F. The van der Waals surface area contributed by atoms with Crippen molar-refractivity contribution in [1.29, 1.82) is 0 Å². The van der Waals surface area contributed by atoms with Crippen LogP contribution in [-0.2, 0) is 9.53 Å². The van der Waals surface area contributed by atoms with Gasteiger partial charge in [0.2, 0.25) is 0 Å². The van der Waals surface area contributed by atoms with Crippen LogP contribution in [0.3, 0.4) is 0 Å². The summed E-state index contributed by atoms with van der Waals surface area (Å²) >= 11 is 4.64. The van der Waals surface area contributed by atoms with E-state index in [0.717, 1.165) is 0 Å². The predicted octanol–water partition coefficient (Wildman–Crippen LogP) is 5.07. The molecule has 0 fully saturated rings. The van der Waals surface area contributed by atoms with Crippen LogP contribution >= 0.6 is 11.6 Å². The third kappa shape index (κ3) is 4.64. The van der Waals surface area contributed by atoms with Gasteiger partial charge in [-0.2, -0.15) is 48.3 Å². The van der Waals surface area contributed by atoms with Gasteiger partial charge in [0.1, 0.15) is 5.03 Å². The molecule has 2 nitrogen and oxygen atoms in total. The fraction of sp³-hybridized carbons (Fsp3) is 0.700. The van der Waals surface area contributed by atoms with Crippen LogP contribution in [0.2, 0.25) is 0 Å². The summed E-state index contributed by atoms with van der Waals surface area (Å²) in [7, 11) is 0. The first-order valence-electron chi connectivity index (χ1n) is 5.50. The predicted molar refractivity (Wildman–Crippen MR) is 56.4 cm³/mol. The summed E-state index contributed by atoms with van der Waals surface area (Å²) in [5.74, 6) is -24.3. The van der Waals surface area contributed by atoms with Gasteiger partial charge < -0.3 is 4.74 Å². The highest BCUT2D eigenvalue weighted by atomic mass is 35.5. The number of ether oxygens (including phenoxy) is 1. The molecule has 0 amide bonds. The average Bonchev–Trinajstić information content (AvgIpc) is 2.34. The third-order valence-electron chi connectivity index (χ3n) is 2.42. The summed E-state index contributed by atoms with van der Waals surface area (Å²) in [6, 6.07) is 0. The number of halogens is 13. The molecule has 1 unspecified atom stereocenters. The highest BCUT2D eigenvalue weighted by molar-refractivity contribution is 6.40. The zero-order valence-electron chi connectivity index (χ0n) is 11.2. The van der Waals surface area contributed by atoms with Crippen molar-refractivity contribution in [2.24, 2.45) is 0 Å². The highest BCUT2D eigenvalue weighted by Gasteiger charge is 2.84. The van der Waals surface area contributed by atoms with Crippen molar-refractivity contribution in [2.45, 2.75) is 42.6 Å². The molecule has 1 atom stereocenters. The molecule has 0 heterocycles. The van der Waals surface area contributed by atoms with Gasteiger partial charge in [-0.1, -0.05) is 18.2 Å². The molecule has 15 heteroatoms. The number of hydrogen-bond acceptors (Lipinski definition) is 2. The lowest BCUT2D eigenvalue weighted by atomic mass is 9.97. The van der Waals surface area contributed by atoms with Crippen LogP contribution in [0.4, 0.5) is 52.7 Å². The van der Waals surface area contributed by atoms with Gasteiger partial charge in [-0.3, -0.25) is 0 Å². The van der Waals surface area contributed by atoms with Crippen LogP contribution in [-0.4, -0.2) is 42.2 Å². The molecule has 0 bridgehead atoms. The van der Waals surface area contributed by atoms with E-state index in [2.05, 4.69) is 22.9 Å². The van der Waals surface area contributed by atoms with E-state index in [1.54, 1.807) is 0 Å². The zero-order valence-corrected chi connectivity index (χ0v) is 12.0. The summed E-state index contributed by atoms with van der Waals surface area (Å²) in [5, 5.41) is -1.55. The van der Waals surface area contributed by atoms with Crippen LogP contribution < -0.4 is 0 Å². The van der Waals surface area contributed by atoms with Crippen molar-refractivity contribution < 1.29 is 62.2 Å². The molecule has 0 aliphatic carbocycles. The van der Waals surface area contributed by atoms with Gasteiger partial charge in [-0.25, -0.2) is 9.18 Å². The van der Waals surface area contributed by atoms with Crippen LogP contribution in [0.1, 0.15) is 6.42 Å². The van der Waals surface area contributed by atoms with Crippen molar-refractivity contribution in [3.05, 3.63) is 11.6 Å². The topological polar surface area (TPSA) is 26.3 Å². The lowest BCUT2D eigenvalue weighted by molar-refractivity contribution is -0.422. The fourth-order valence-electron chi connectivity index (χ4n) is 1.16. The zero-order chi connectivity index (χ0) is 20.6. The molecule has 0 saturated heterocycles. The molecule has 148 valence electrons. The van der Waals surface area contributed by atoms with Crippen molar-refractivity contribution in [1.82, 2.24) is 0 Å². The molecule has 25 heavy (non-hydrogen) atoms. The van der Waals surface area contributed by atoms with Crippen molar-refractivity contribution in [3.8, 4) is 0 Å². The van der Waals surface area contributed by atoms with Gasteiger partial charge in [0, 0.05) is 0 Å². The van der Waals surface area contributed by atoms with Gasteiger partial charge in [-0.05, 0) is 0 Å². The van der Waals surface area contributed by atoms with Gasteiger partial charge in [0.05, 0.1) is 6.42 Å². The first kappa shape index (κ1) is 23.7. The number of carbonyl (C=O) groups excluding carboxylic acids is 1. The Morgan fingerprint density at radius 2 is 1.32 bits per heavy atom. The molecule has 0 aromatic carbocycles. The van der Waals surface area contributed by atoms with E-state index in [-0.39, 0.29) is 0 Å². The molecule has 0 saturated carbocycles. The number of esters is 1. The maximum atomic E-state index is 13.1. The molecule has 0 aliphatic rings. The Kier molecular flexibility index (Phi) is 6.40. The smallest absolute Gasteiger partial charge is 0.392 e. The average molecular weight is 421 g/mol. The van der Waals surface area contributed by atoms with E-state index in [1.165, 1.54) is 0 Å². The summed E-state index contributed by atoms with van der Waals surface area (Å²) in [6.45, 7) is 2.39. The number of rotatable bonds is 7. The molecule has 0 spiro atoms. The highest BCUT2D eigenvalue weighted by Crippen LogP contribution is 2.55. The Balaban J connectivity index is 5.85. The molecule has 0 aromatic heterocycles. The van der Waals surface area contributed by atoms with Crippen LogP contribution in [0, 0.1) is 0 Å². The summed E-state index contributed by atoms with van der Waals surface area (Å²) < 4.78 is 155. The van der Waals surface area contributed by atoms with Gasteiger partial charge in [0.15, 0.2) is 6.17 Å². The minimum atomic E-state index is -7.40. The van der Waals surface area contributed by atoms with Crippen molar-refractivity contribution >= 4 is 17.6 Å². The van der Waals surface area contributed by atoms with Gasteiger partial charge >= 0.3 is 36.0 Å². The largest absolute Gasteiger partial charge is 0.473 e. The second-order valence-electron chi connectivity index (χ2n) is 4.37. The fourth-order valence-corrected chi connectivity index (χ4v) is 1.19. The molecule has 0 aromatic rings. The van der Waals surface area contributed by atoms with E-state index in [4.69, 9.17) is 0 Å². The molecule has 0 aliphatic heterocycles. The monoisotopic (exact) mass is 420 g/mol. The second-order valence-corrected chi connectivity index (χ2v) is 4.83. The minimum Gasteiger partial charge on any atom is -0.392 e. The number of carbonyl (C=O) groups is 1. The van der Waals surface area contributed by atoms with E-state index in [0.29, 0.717) is 0 Å². The summed E-state index contributed by atoms with van der Waals surface area (Å²) in [5.41, 5.74) is 0. The lowest BCUT2D eigenvalue weighted by Gasteiger charge is -2.36. The maximum Gasteiger partial charge on any atom is 0.473 e. The van der Waals surface area contributed by atoms with E-state index >= 15 is 0 Å². The molecule has 0 radical (unpaired) electrons. The molecule has 0 rings (SSSR count). The quantitative estimate of drug-likeness (QED) is 0.326. The van der Waals surface area contributed by atoms with Crippen LogP contribution in [0.5, 0.6) is 0 Å². The summed E-state index contributed by atoms with van der Waals surface area (Å²) in [4.78, 5) is 10.6. The van der Waals surface area contributed by atoms with E-state index < -0.39 is 53.6 Å². The molecular formula is C10H5ClF12O2.